The zero-order chi connectivity index (χ0) is 10.6. The van der Waals surface area contributed by atoms with E-state index in [1.165, 1.54) is 0 Å². The molecule has 0 aliphatic carbocycles. The number of nitriles is 1. The van der Waals surface area contributed by atoms with E-state index in [-0.39, 0.29) is 0 Å². The van der Waals surface area contributed by atoms with Crippen LogP contribution in [0.2, 0.25) is 0 Å². The van der Waals surface area contributed by atoms with Gasteiger partial charge in [-0.1, -0.05) is 0 Å². The minimum absolute atomic E-state index is 0.452. The van der Waals surface area contributed by atoms with E-state index in [1.807, 2.05) is 0 Å². The Bertz CT molecular complexity index is 258. The lowest BCUT2D eigenvalue weighted by molar-refractivity contribution is 0.102. The van der Waals surface area contributed by atoms with Crippen molar-refractivity contribution in [2.75, 3.05) is 11.5 Å². The predicted molar refractivity (Wildman–Crippen MR) is 52.1 cm³/mol. The number of hydrogen-bond donors (Lipinski definition) is 3. The highest BCUT2D eigenvalue weighted by atomic mass is 32.2. The van der Waals surface area contributed by atoms with E-state index in [9.17, 15) is 9.90 Å². The van der Waals surface area contributed by atoms with Crippen molar-refractivity contribution in [2.24, 2.45) is 0 Å². The maximum atomic E-state index is 10.6. The van der Waals surface area contributed by atoms with Crippen LogP contribution in [0.1, 0.15) is 12.8 Å². The van der Waals surface area contributed by atoms with E-state index >= 15 is 0 Å². The Kier molecular flexibility index (Phi) is 3.61. The number of rotatable bonds is 2. The van der Waals surface area contributed by atoms with Gasteiger partial charge in [0.05, 0.1) is 11.6 Å². The largest absolute Gasteiger partial charge is 0.465 e. The molecule has 2 atom stereocenters. The fraction of sp³-hybridized carbons (Fsp3) is 0.750. The van der Waals surface area contributed by atoms with Crippen LogP contribution >= 0.6 is 11.8 Å². The minimum Gasteiger partial charge on any atom is -0.465 e. The van der Waals surface area contributed by atoms with Crippen molar-refractivity contribution in [3.05, 3.63) is 0 Å². The molecular formula is C8H12N2O3S. The summed E-state index contributed by atoms with van der Waals surface area (Å²) in [5.74, 6) is 1.40. The first-order valence-electron chi connectivity index (χ1n) is 4.27. The van der Waals surface area contributed by atoms with Gasteiger partial charge >= 0.3 is 6.09 Å². The highest BCUT2D eigenvalue weighted by molar-refractivity contribution is 7.99. The number of amides is 1. The number of aliphatic hydroxyl groups excluding tert-OH is 1. The zero-order valence-corrected chi connectivity index (χ0v) is 8.38. The summed E-state index contributed by atoms with van der Waals surface area (Å²) in [4.78, 5) is 10.6. The van der Waals surface area contributed by atoms with Crippen molar-refractivity contribution >= 4 is 17.9 Å². The zero-order valence-electron chi connectivity index (χ0n) is 7.56. The first kappa shape index (κ1) is 11.1. The van der Waals surface area contributed by atoms with Crippen molar-refractivity contribution in [1.29, 1.82) is 5.26 Å². The molecule has 0 radical (unpaired) electrons. The Hall–Kier alpha value is -0.930. The minimum atomic E-state index is -1.27. The normalized spacial score (nSPS) is 28.9. The third kappa shape index (κ3) is 2.30. The van der Waals surface area contributed by atoms with E-state index in [2.05, 4.69) is 5.32 Å². The maximum absolute atomic E-state index is 10.6. The van der Waals surface area contributed by atoms with Gasteiger partial charge in [0.1, 0.15) is 0 Å². The van der Waals surface area contributed by atoms with Gasteiger partial charge < -0.3 is 15.5 Å². The molecule has 0 aromatic heterocycles. The van der Waals surface area contributed by atoms with Gasteiger partial charge in [-0.2, -0.15) is 17.0 Å². The summed E-state index contributed by atoms with van der Waals surface area (Å²) in [5, 5.41) is 29.0. The number of nitrogens with one attached hydrogen (secondary N) is 1. The van der Waals surface area contributed by atoms with Crippen molar-refractivity contribution in [2.45, 2.75) is 24.5 Å². The molecule has 1 amide bonds. The van der Waals surface area contributed by atoms with Crippen LogP contribution in [-0.4, -0.2) is 39.5 Å². The molecule has 0 spiro atoms. The Morgan fingerprint density at radius 1 is 1.71 bits per heavy atom. The smallest absolute Gasteiger partial charge is 0.405 e. The molecule has 0 saturated carbocycles. The number of thioether (sulfide) groups is 1. The Balaban J connectivity index is 2.77. The predicted octanol–water partition coefficient (Wildman–Crippen LogP) is 0.404. The molecule has 1 rings (SSSR count). The van der Waals surface area contributed by atoms with Gasteiger partial charge in [0.2, 0.25) is 0 Å². The highest BCUT2D eigenvalue weighted by Crippen LogP contribution is 2.29. The van der Waals surface area contributed by atoms with Crippen LogP contribution in [0, 0.1) is 11.3 Å². The Morgan fingerprint density at radius 3 is 2.86 bits per heavy atom. The fourth-order valence-corrected chi connectivity index (χ4v) is 2.77. The molecule has 1 fully saturated rings. The number of carbonyl (C=O) groups is 1. The molecule has 1 aliphatic heterocycles. The van der Waals surface area contributed by atoms with Crippen molar-refractivity contribution in [1.82, 2.24) is 5.32 Å². The van der Waals surface area contributed by atoms with Crippen LogP contribution in [-0.2, 0) is 0 Å². The van der Waals surface area contributed by atoms with E-state index in [0.717, 1.165) is 12.2 Å². The summed E-state index contributed by atoms with van der Waals surface area (Å²) in [5.41, 5.74) is -0.983. The molecule has 78 valence electrons. The first-order chi connectivity index (χ1) is 6.60. The van der Waals surface area contributed by atoms with Gasteiger partial charge in [0, 0.05) is 5.75 Å². The molecule has 0 aromatic carbocycles. The van der Waals surface area contributed by atoms with Gasteiger partial charge in [-0.05, 0) is 18.6 Å². The van der Waals surface area contributed by atoms with Gasteiger partial charge in [0.25, 0.3) is 0 Å². The lowest BCUT2D eigenvalue weighted by atomic mass is 9.89. The number of hydrogen-bond acceptors (Lipinski definition) is 4. The molecule has 1 heterocycles. The first-order valence-corrected chi connectivity index (χ1v) is 5.43. The quantitative estimate of drug-likeness (QED) is 0.581. The second-order valence-corrected chi connectivity index (χ2v) is 4.38. The lowest BCUT2D eigenvalue weighted by Gasteiger charge is -2.37. The van der Waals surface area contributed by atoms with Gasteiger partial charge in [-0.15, -0.1) is 0 Å². The maximum Gasteiger partial charge on any atom is 0.405 e. The van der Waals surface area contributed by atoms with E-state index in [1.54, 1.807) is 17.8 Å². The summed E-state index contributed by atoms with van der Waals surface area (Å²) in [7, 11) is 0. The monoisotopic (exact) mass is 216 g/mol. The second-order valence-electron chi connectivity index (χ2n) is 3.27. The van der Waals surface area contributed by atoms with Crippen LogP contribution in [0.5, 0.6) is 0 Å². The van der Waals surface area contributed by atoms with Crippen molar-refractivity contribution in [3.63, 3.8) is 0 Å². The molecule has 0 bridgehead atoms. The van der Waals surface area contributed by atoms with Crippen molar-refractivity contribution < 1.29 is 15.0 Å². The molecule has 1 aliphatic rings. The number of nitrogens with zero attached hydrogens (tertiary/aromatic N) is 1. The summed E-state index contributed by atoms with van der Waals surface area (Å²) >= 11 is 1.55. The summed E-state index contributed by atoms with van der Waals surface area (Å²) < 4.78 is 0. The van der Waals surface area contributed by atoms with Crippen LogP contribution in [0.25, 0.3) is 0 Å². The molecule has 2 unspecified atom stereocenters. The topological polar surface area (TPSA) is 93.4 Å². The Labute approximate surface area is 86.1 Å². The standard InChI is InChI=1S/C8H12N2O3S/c9-4-6(11)8(10-7(12)13)2-1-3-14-5-8/h6,10-11H,1-3,5H2,(H,12,13). The fourth-order valence-electron chi connectivity index (χ4n) is 1.54. The highest BCUT2D eigenvalue weighted by Gasteiger charge is 2.41. The third-order valence-electron chi connectivity index (χ3n) is 2.27. The molecule has 0 aromatic rings. The van der Waals surface area contributed by atoms with Gasteiger partial charge in [-0.3, -0.25) is 0 Å². The molecular weight excluding hydrogens is 204 g/mol. The summed E-state index contributed by atoms with van der Waals surface area (Å²) in [6, 6.07) is 1.70. The number of carboxylic acid groups (broad SMARTS) is 1. The third-order valence-corrected chi connectivity index (χ3v) is 3.57. The molecule has 14 heavy (non-hydrogen) atoms. The SMILES string of the molecule is N#CC(O)C1(NC(=O)O)CCCSC1. The second kappa shape index (κ2) is 4.53. The molecule has 5 nitrogen and oxygen atoms in total. The van der Waals surface area contributed by atoms with Crippen LogP contribution in [0.3, 0.4) is 0 Å². The average Bonchev–Trinajstić information content (AvgIpc) is 2.17. The number of aliphatic hydroxyl groups is 1. The average molecular weight is 216 g/mol. The Morgan fingerprint density at radius 2 is 2.43 bits per heavy atom. The van der Waals surface area contributed by atoms with Crippen molar-refractivity contribution in [3.8, 4) is 6.07 Å². The van der Waals surface area contributed by atoms with Gasteiger partial charge in [-0.25, -0.2) is 4.79 Å². The van der Waals surface area contributed by atoms with Crippen LogP contribution in [0.15, 0.2) is 0 Å². The molecule has 1 saturated heterocycles. The molecule has 3 N–H and O–H groups in total. The van der Waals surface area contributed by atoms with E-state index in [4.69, 9.17) is 10.4 Å². The van der Waals surface area contributed by atoms with E-state index in [0.29, 0.717) is 12.2 Å². The van der Waals surface area contributed by atoms with E-state index < -0.39 is 17.7 Å². The summed E-state index contributed by atoms with van der Waals surface area (Å²) in [6.07, 6.45) is -1.14. The van der Waals surface area contributed by atoms with Crippen LogP contribution in [0.4, 0.5) is 4.79 Å². The lowest BCUT2D eigenvalue weighted by Crippen LogP contribution is -2.59. The van der Waals surface area contributed by atoms with Gasteiger partial charge in [0.15, 0.2) is 6.10 Å². The van der Waals surface area contributed by atoms with Crippen LogP contribution < -0.4 is 5.32 Å². The summed E-state index contributed by atoms with van der Waals surface area (Å²) in [6.45, 7) is 0. The molecule has 6 heteroatoms.